The number of aromatic nitrogens is 1. The molecule has 0 bridgehead atoms. The molecule has 0 radical (unpaired) electrons. The molecule has 3 fully saturated rings. The summed E-state index contributed by atoms with van der Waals surface area (Å²) in [6.45, 7) is 6.43. The van der Waals surface area contributed by atoms with Crippen LogP contribution in [0.3, 0.4) is 0 Å². The lowest BCUT2D eigenvalue weighted by atomic mass is 9.85. The average molecular weight is 866 g/mol. The van der Waals surface area contributed by atoms with Gasteiger partial charge in [-0.05, 0) is 94.7 Å². The van der Waals surface area contributed by atoms with Gasteiger partial charge in [-0.3, -0.25) is 19.1 Å². The van der Waals surface area contributed by atoms with Crippen molar-refractivity contribution in [1.82, 2.24) is 25.2 Å². The van der Waals surface area contributed by atoms with Crippen molar-refractivity contribution in [3.63, 3.8) is 0 Å². The molecule has 1 aromatic heterocycles. The van der Waals surface area contributed by atoms with Gasteiger partial charge in [0, 0.05) is 23.8 Å². The Kier molecular flexibility index (Phi) is 12.4. The first-order valence-electron chi connectivity index (χ1n) is 20.2. The van der Waals surface area contributed by atoms with Gasteiger partial charge in [-0.25, -0.2) is 13.2 Å². The number of nitrogens with one attached hydrogen (secondary N) is 3. The summed E-state index contributed by atoms with van der Waals surface area (Å²) >= 11 is 0. The van der Waals surface area contributed by atoms with E-state index in [1.165, 1.54) is 26.0 Å². The minimum absolute atomic E-state index is 0.0441. The Hall–Kier alpha value is -4.81. The molecule has 4 amide bonds. The molecule has 2 aliphatic heterocycles. The summed E-state index contributed by atoms with van der Waals surface area (Å²) in [5, 5.41) is 6.44. The van der Waals surface area contributed by atoms with E-state index in [0.717, 1.165) is 0 Å². The highest BCUT2D eigenvalue weighted by Gasteiger charge is 2.63. The minimum atomic E-state index is -4.92. The number of allylic oxidation sites excluding steroid dienone is 1. The van der Waals surface area contributed by atoms with Crippen LogP contribution < -0.4 is 29.6 Å². The van der Waals surface area contributed by atoms with Crippen molar-refractivity contribution in [2.24, 2.45) is 17.8 Å². The molecule has 2 aromatic rings. The summed E-state index contributed by atoms with van der Waals surface area (Å²) in [4.78, 5) is 62.5. The van der Waals surface area contributed by atoms with Crippen LogP contribution in [0, 0.1) is 17.8 Å². The maximum Gasteiger partial charge on any atom is 0.427 e. The van der Waals surface area contributed by atoms with E-state index in [0.29, 0.717) is 68.9 Å². The van der Waals surface area contributed by atoms with Crippen LogP contribution in [0.5, 0.6) is 17.5 Å². The van der Waals surface area contributed by atoms with Gasteiger partial charge in [0.2, 0.25) is 39.2 Å². The Bertz CT molecular complexity index is 2140. The smallest absolute Gasteiger partial charge is 0.427 e. The van der Waals surface area contributed by atoms with E-state index in [2.05, 4.69) is 20.3 Å². The lowest BCUT2D eigenvalue weighted by molar-refractivity contribution is -0.244. The molecule has 330 valence electrons. The van der Waals surface area contributed by atoms with E-state index in [1.807, 2.05) is 13.0 Å². The normalized spacial score (nSPS) is 28.8. The predicted molar refractivity (Wildman–Crippen MR) is 213 cm³/mol. The first-order valence-corrected chi connectivity index (χ1v) is 21.7. The van der Waals surface area contributed by atoms with E-state index >= 15 is 0 Å². The second-order valence-corrected chi connectivity index (χ2v) is 19.4. The number of amides is 4. The summed E-state index contributed by atoms with van der Waals surface area (Å²) in [5.74, 6) is -2.81. The lowest BCUT2D eigenvalue weighted by Gasteiger charge is -2.35. The molecule has 60 heavy (non-hydrogen) atoms. The monoisotopic (exact) mass is 865 g/mol. The second kappa shape index (κ2) is 16.6. The fraction of sp³-hybridized carbons (Fsp3) is 0.634. The summed E-state index contributed by atoms with van der Waals surface area (Å²) in [6.07, 6.45) is -1.11. The molecule has 2 aliphatic carbocycles. The Morgan fingerprint density at radius 2 is 1.80 bits per heavy atom. The van der Waals surface area contributed by atoms with Gasteiger partial charge in [0.05, 0.1) is 25.5 Å². The number of benzene rings is 1. The van der Waals surface area contributed by atoms with Crippen molar-refractivity contribution in [3.05, 3.63) is 36.4 Å². The van der Waals surface area contributed by atoms with Gasteiger partial charge in [-0.1, -0.05) is 32.4 Å². The number of sulfonamides is 1. The van der Waals surface area contributed by atoms with Crippen molar-refractivity contribution in [3.8, 4) is 17.5 Å². The SMILES string of the molecule is CC[C@@H]1C[C@@H](C)CC/C=C\[C@@H]2C[C@@]2(C(=O)NS(=O)(=O)C2(C)CC2)NC(=O)[C@@H]2C[C@@H](Oc3nc(OC)cc4cc(OC)ccc34)CN2C(=O)[C@H]1NC(=O)OC(C)(C)C(F)(F)F. The lowest BCUT2D eigenvalue weighted by Crippen LogP contribution is -2.60. The van der Waals surface area contributed by atoms with Gasteiger partial charge < -0.3 is 34.5 Å². The van der Waals surface area contributed by atoms with Gasteiger partial charge in [0.1, 0.15) is 29.5 Å². The third kappa shape index (κ3) is 9.10. The zero-order valence-electron chi connectivity index (χ0n) is 34.8. The number of methoxy groups -OCH3 is 2. The standard InChI is InChI=1S/C41H54F3N5O10S/c1-8-24-17-23(2)11-9-10-12-26-21-40(26,36(52)48-60(54,55)39(5)15-16-39)47-33(50)30-20-28(58-34-29-14-13-27(56-6)18-25(29)19-31(45-34)57-7)22-49(30)35(51)32(24)46-37(53)59-38(3,4)41(42,43)44/h10,12-14,18-19,23-24,26,28,30,32H,8-9,11,15-17,20-22H2,1-7H3,(H,46,53)(H,47,50)(H,48,52)/b12-10-/t23-,24+,26+,28+,30-,32-,40+/m0/s1. The molecule has 3 N–H and O–H groups in total. The zero-order chi connectivity index (χ0) is 44.0. The van der Waals surface area contributed by atoms with Crippen LogP contribution in [0.25, 0.3) is 10.8 Å². The van der Waals surface area contributed by atoms with Crippen molar-refractivity contribution in [2.75, 3.05) is 20.8 Å². The topological polar surface area (TPSA) is 192 Å². The number of hydrogen-bond donors (Lipinski definition) is 3. The molecule has 2 saturated carbocycles. The molecular weight excluding hydrogens is 812 g/mol. The summed E-state index contributed by atoms with van der Waals surface area (Å²) in [5.41, 5.74) is -4.56. The number of alkyl carbamates (subject to hydrolysis) is 1. The molecule has 15 nitrogen and oxygen atoms in total. The van der Waals surface area contributed by atoms with E-state index in [-0.39, 0.29) is 37.1 Å². The first-order chi connectivity index (χ1) is 28.1. The van der Waals surface area contributed by atoms with Gasteiger partial charge in [0.25, 0.3) is 5.91 Å². The maximum atomic E-state index is 15.0. The fourth-order valence-electron chi connectivity index (χ4n) is 7.92. The summed E-state index contributed by atoms with van der Waals surface area (Å²) in [7, 11) is -1.15. The van der Waals surface area contributed by atoms with Crippen LogP contribution in [0.4, 0.5) is 18.0 Å². The second-order valence-electron chi connectivity index (χ2n) is 17.2. The number of hydrogen-bond acceptors (Lipinski definition) is 11. The Morgan fingerprint density at radius 1 is 1.08 bits per heavy atom. The van der Waals surface area contributed by atoms with E-state index in [4.69, 9.17) is 18.9 Å². The zero-order valence-corrected chi connectivity index (χ0v) is 35.6. The number of alkyl halides is 3. The Balaban J connectivity index is 1.39. The Labute approximate surface area is 347 Å². The summed E-state index contributed by atoms with van der Waals surface area (Å²) in [6, 6.07) is 4.06. The molecule has 3 heterocycles. The van der Waals surface area contributed by atoms with Crippen LogP contribution in [-0.2, 0) is 29.1 Å². The molecule has 0 spiro atoms. The number of rotatable bonds is 10. The maximum absolute atomic E-state index is 15.0. The van der Waals surface area contributed by atoms with Crippen LogP contribution in [0.15, 0.2) is 36.4 Å². The largest absolute Gasteiger partial charge is 0.497 e. The van der Waals surface area contributed by atoms with E-state index in [1.54, 1.807) is 37.3 Å². The molecule has 4 aliphatic rings. The number of nitrogens with zero attached hydrogens (tertiary/aromatic N) is 2. The number of pyridine rings is 1. The number of fused-ring (bicyclic) bond motifs is 3. The van der Waals surface area contributed by atoms with Gasteiger partial charge >= 0.3 is 12.3 Å². The summed E-state index contributed by atoms with van der Waals surface area (Å²) < 4.78 is 91.1. The molecule has 0 unspecified atom stereocenters. The van der Waals surface area contributed by atoms with Crippen molar-refractivity contribution >= 4 is 44.6 Å². The van der Waals surface area contributed by atoms with Crippen molar-refractivity contribution in [2.45, 2.75) is 126 Å². The van der Waals surface area contributed by atoms with Gasteiger partial charge in [-0.2, -0.15) is 18.2 Å². The highest BCUT2D eigenvalue weighted by molar-refractivity contribution is 7.91. The highest BCUT2D eigenvalue weighted by Crippen LogP contribution is 2.48. The molecule has 7 atom stereocenters. The minimum Gasteiger partial charge on any atom is -0.497 e. The van der Waals surface area contributed by atoms with Crippen LogP contribution >= 0.6 is 0 Å². The van der Waals surface area contributed by atoms with Crippen LogP contribution in [0.2, 0.25) is 0 Å². The molecule has 1 saturated heterocycles. The number of carbonyl (C=O) groups excluding carboxylic acids is 4. The van der Waals surface area contributed by atoms with Gasteiger partial charge in [-0.15, -0.1) is 0 Å². The number of ether oxygens (including phenoxy) is 4. The molecule has 1 aromatic carbocycles. The van der Waals surface area contributed by atoms with E-state index in [9.17, 15) is 40.8 Å². The third-order valence-electron chi connectivity index (χ3n) is 12.4. The third-order valence-corrected chi connectivity index (χ3v) is 14.5. The average Bonchev–Trinajstić information content (AvgIpc) is 4.06. The number of halogens is 3. The van der Waals surface area contributed by atoms with Crippen LogP contribution in [0.1, 0.15) is 86.0 Å². The fourth-order valence-corrected chi connectivity index (χ4v) is 9.23. The first kappa shape index (κ1) is 44.7. The van der Waals surface area contributed by atoms with Gasteiger partial charge in [0.15, 0.2) is 0 Å². The predicted octanol–water partition coefficient (Wildman–Crippen LogP) is 5.31. The Morgan fingerprint density at radius 3 is 2.43 bits per heavy atom. The van der Waals surface area contributed by atoms with Crippen molar-refractivity contribution in [1.29, 1.82) is 0 Å². The molecule has 19 heteroatoms. The van der Waals surface area contributed by atoms with Crippen molar-refractivity contribution < 1.29 is 59.7 Å². The van der Waals surface area contributed by atoms with Crippen LogP contribution in [-0.4, -0.2) is 103 Å². The quantitative estimate of drug-likeness (QED) is 0.262. The molecule has 6 rings (SSSR count). The van der Waals surface area contributed by atoms with E-state index < -0.39 is 85.9 Å². The highest BCUT2D eigenvalue weighted by atomic mass is 32.2. The molecular formula is C41H54F3N5O10S. The number of carbonyl (C=O) groups is 4.